The molecule has 2 heterocycles. The van der Waals surface area contributed by atoms with Gasteiger partial charge < -0.3 is 10.3 Å². The van der Waals surface area contributed by atoms with Crippen molar-refractivity contribution in [1.82, 2.24) is 9.55 Å². The van der Waals surface area contributed by atoms with E-state index in [2.05, 4.69) is 9.55 Å². The van der Waals surface area contributed by atoms with Gasteiger partial charge in [0.15, 0.2) is 0 Å². The Morgan fingerprint density at radius 3 is 2.94 bits per heavy atom. The molecule has 0 saturated carbocycles. The first-order valence-electron chi connectivity index (χ1n) is 5.70. The highest BCUT2D eigenvalue weighted by molar-refractivity contribution is 5.97. The highest BCUT2D eigenvalue weighted by atomic mass is 16.2. The maximum atomic E-state index is 11.9. The number of hydrogen-bond acceptors (Lipinski definition) is 3. The van der Waals surface area contributed by atoms with Gasteiger partial charge in [-0.25, -0.2) is 4.98 Å². The molecule has 0 radical (unpaired) electrons. The summed E-state index contributed by atoms with van der Waals surface area (Å²) >= 11 is 0. The second kappa shape index (κ2) is 3.56. The van der Waals surface area contributed by atoms with Crippen LogP contribution in [0.5, 0.6) is 0 Å². The van der Waals surface area contributed by atoms with E-state index in [9.17, 15) is 4.79 Å². The zero-order valence-electron chi connectivity index (χ0n) is 9.63. The van der Waals surface area contributed by atoms with Crippen LogP contribution in [0.2, 0.25) is 0 Å². The predicted molar refractivity (Wildman–Crippen MR) is 65.7 cm³/mol. The van der Waals surface area contributed by atoms with Crippen molar-refractivity contribution < 1.29 is 4.79 Å². The molecule has 0 saturated heterocycles. The minimum atomic E-state index is -0.485. The third-order valence-electron chi connectivity index (χ3n) is 3.08. The van der Waals surface area contributed by atoms with Crippen molar-refractivity contribution in [2.45, 2.75) is 19.5 Å². The predicted octanol–water partition coefficient (Wildman–Crippen LogP) is 0.730. The molecule has 1 aliphatic heterocycles. The van der Waals surface area contributed by atoms with Crippen LogP contribution in [0.15, 0.2) is 24.3 Å². The zero-order valence-corrected chi connectivity index (χ0v) is 9.63. The molecule has 2 N–H and O–H groups in total. The van der Waals surface area contributed by atoms with E-state index >= 15 is 0 Å². The Morgan fingerprint density at radius 1 is 1.41 bits per heavy atom. The van der Waals surface area contributed by atoms with E-state index in [1.54, 1.807) is 11.8 Å². The molecule has 0 bridgehead atoms. The SMILES string of the molecule is C[C@H](N)C(=O)N1CCn2c1nc1ccccc12. The summed E-state index contributed by atoms with van der Waals surface area (Å²) in [7, 11) is 0. The molecule has 0 aliphatic carbocycles. The third kappa shape index (κ3) is 1.43. The van der Waals surface area contributed by atoms with E-state index < -0.39 is 6.04 Å². The Hall–Kier alpha value is -1.88. The number of benzene rings is 1. The number of carbonyl (C=O) groups is 1. The number of rotatable bonds is 1. The average molecular weight is 230 g/mol. The van der Waals surface area contributed by atoms with Crippen LogP contribution in [0, 0.1) is 0 Å². The number of nitrogens with zero attached hydrogens (tertiary/aromatic N) is 3. The number of amides is 1. The molecular weight excluding hydrogens is 216 g/mol. The molecule has 1 amide bonds. The molecule has 1 aromatic carbocycles. The fourth-order valence-electron chi connectivity index (χ4n) is 2.24. The minimum Gasteiger partial charge on any atom is -0.320 e. The van der Waals surface area contributed by atoms with Gasteiger partial charge >= 0.3 is 0 Å². The summed E-state index contributed by atoms with van der Waals surface area (Å²) in [6.07, 6.45) is 0. The van der Waals surface area contributed by atoms with Crippen molar-refractivity contribution in [3.8, 4) is 0 Å². The summed E-state index contributed by atoms with van der Waals surface area (Å²) in [5.41, 5.74) is 7.63. The number of aromatic nitrogens is 2. The van der Waals surface area contributed by atoms with Gasteiger partial charge in [-0.2, -0.15) is 0 Å². The van der Waals surface area contributed by atoms with Gasteiger partial charge in [0.05, 0.1) is 17.1 Å². The lowest BCUT2D eigenvalue weighted by atomic mass is 10.3. The van der Waals surface area contributed by atoms with E-state index in [0.29, 0.717) is 12.5 Å². The van der Waals surface area contributed by atoms with E-state index in [4.69, 9.17) is 5.73 Å². The molecule has 3 rings (SSSR count). The molecule has 2 aromatic rings. The van der Waals surface area contributed by atoms with Crippen LogP contribution in [0.3, 0.4) is 0 Å². The van der Waals surface area contributed by atoms with Gasteiger partial charge in [-0.15, -0.1) is 0 Å². The Morgan fingerprint density at radius 2 is 2.18 bits per heavy atom. The molecule has 5 heteroatoms. The van der Waals surface area contributed by atoms with Crippen molar-refractivity contribution in [1.29, 1.82) is 0 Å². The Balaban J connectivity index is 2.11. The maximum Gasteiger partial charge on any atom is 0.245 e. The molecule has 1 aromatic heterocycles. The van der Waals surface area contributed by atoms with Crippen LogP contribution in [0.4, 0.5) is 5.95 Å². The Kier molecular flexibility index (Phi) is 2.16. The van der Waals surface area contributed by atoms with E-state index in [-0.39, 0.29) is 5.91 Å². The number of para-hydroxylation sites is 2. The smallest absolute Gasteiger partial charge is 0.245 e. The van der Waals surface area contributed by atoms with Crippen LogP contribution >= 0.6 is 0 Å². The topological polar surface area (TPSA) is 64.2 Å². The highest BCUT2D eigenvalue weighted by Crippen LogP contribution is 2.27. The molecular formula is C12H14N4O. The van der Waals surface area contributed by atoms with Gasteiger partial charge in [0.2, 0.25) is 11.9 Å². The molecule has 5 nitrogen and oxygen atoms in total. The average Bonchev–Trinajstić information content (AvgIpc) is 2.86. The van der Waals surface area contributed by atoms with Crippen LogP contribution in [-0.2, 0) is 11.3 Å². The first kappa shape index (κ1) is 10.3. The summed E-state index contributed by atoms with van der Waals surface area (Å²) < 4.78 is 2.07. The minimum absolute atomic E-state index is 0.0703. The highest BCUT2D eigenvalue weighted by Gasteiger charge is 2.29. The van der Waals surface area contributed by atoms with Gasteiger partial charge in [0.1, 0.15) is 0 Å². The largest absolute Gasteiger partial charge is 0.320 e. The maximum absolute atomic E-state index is 11.9. The number of nitrogens with two attached hydrogens (primary N) is 1. The Bertz CT molecular complexity index is 587. The van der Waals surface area contributed by atoms with Gasteiger partial charge in [0, 0.05) is 13.1 Å². The fourth-order valence-corrected chi connectivity index (χ4v) is 2.24. The van der Waals surface area contributed by atoms with Crippen molar-refractivity contribution in [3.05, 3.63) is 24.3 Å². The number of imidazole rings is 1. The van der Waals surface area contributed by atoms with Gasteiger partial charge in [0.25, 0.3) is 0 Å². The molecule has 0 fully saturated rings. The molecule has 1 aliphatic rings. The van der Waals surface area contributed by atoms with Crippen molar-refractivity contribution in [2.24, 2.45) is 5.73 Å². The van der Waals surface area contributed by atoms with Crippen molar-refractivity contribution in [3.63, 3.8) is 0 Å². The molecule has 0 spiro atoms. The van der Waals surface area contributed by atoms with Gasteiger partial charge in [-0.1, -0.05) is 12.1 Å². The zero-order chi connectivity index (χ0) is 12.0. The van der Waals surface area contributed by atoms with Crippen molar-refractivity contribution in [2.75, 3.05) is 11.4 Å². The first-order chi connectivity index (χ1) is 8.18. The summed E-state index contributed by atoms with van der Waals surface area (Å²) in [6.45, 7) is 3.15. The fraction of sp³-hybridized carbons (Fsp3) is 0.333. The lowest BCUT2D eigenvalue weighted by molar-refractivity contribution is -0.119. The summed E-state index contributed by atoms with van der Waals surface area (Å²) in [6, 6.07) is 7.41. The number of carbonyl (C=O) groups excluding carboxylic acids is 1. The van der Waals surface area contributed by atoms with E-state index in [1.807, 2.05) is 24.3 Å². The molecule has 88 valence electrons. The summed E-state index contributed by atoms with van der Waals surface area (Å²) in [5.74, 6) is 0.646. The lowest BCUT2D eigenvalue weighted by Gasteiger charge is -2.15. The quantitative estimate of drug-likeness (QED) is 0.785. The summed E-state index contributed by atoms with van der Waals surface area (Å²) in [4.78, 5) is 18.1. The third-order valence-corrected chi connectivity index (χ3v) is 3.08. The second-order valence-electron chi connectivity index (χ2n) is 4.33. The van der Waals surface area contributed by atoms with E-state index in [1.165, 1.54) is 0 Å². The van der Waals surface area contributed by atoms with E-state index in [0.717, 1.165) is 17.6 Å². The standard InChI is InChI=1S/C12H14N4O/c1-8(13)11(17)16-7-6-15-10-5-3-2-4-9(10)14-12(15)16/h2-5,8H,6-7,13H2,1H3/t8-/m0/s1. The molecule has 0 unspecified atom stereocenters. The Labute approximate surface area is 98.8 Å². The van der Waals surface area contributed by atoms with Crippen LogP contribution < -0.4 is 10.6 Å². The van der Waals surface area contributed by atoms with Crippen LogP contribution in [-0.4, -0.2) is 28.0 Å². The number of anilines is 1. The second-order valence-corrected chi connectivity index (χ2v) is 4.33. The first-order valence-corrected chi connectivity index (χ1v) is 5.70. The monoisotopic (exact) mass is 230 g/mol. The molecule has 1 atom stereocenters. The van der Waals surface area contributed by atoms with Gasteiger partial charge in [-0.3, -0.25) is 9.69 Å². The van der Waals surface area contributed by atoms with Gasteiger partial charge in [-0.05, 0) is 19.1 Å². The molecule has 17 heavy (non-hydrogen) atoms. The normalized spacial score (nSPS) is 16.2. The summed E-state index contributed by atoms with van der Waals surface area (Å²) in [5, 5.41) is 0. The van der Waals surface area contributed by atoms with Crippen molar-refractivity contribution >= 4 is 22.9 Å². The lowest BCUT2D eigenvalue weighted by Crippen LogP contribution is -2.41. The van der Waals surface area contributed by atoms with Crippen LogP contribution in [0.1, 0.15) is 6.92 Å². The number of hydrogen-bond donors (Lipinski definition) is 1. The van der Waals surface area contributed by atoms with Crippen LogP contribution in [0.25, 0.3) is 11.0 Å². The number of fused-ring (bicyclic) bond motifs is 3.